The van der Waals surface area contributed by atoms with Crippen molar-refractivity contribution in [2.75, 3.05) is 20.2 Å². The number of amides is 2. The lowest BCUT2D eigenvalue weighted by Crippen LogP contribution is -2.48. The number of nitrogens with one attached hydrogen (secondary N) is 1. The number of aliphatic carboxylic acids is 1. The standard InChI is InChI=1S/C12H20N2O6/c1-12(2,3)20-10(17)13-8-6-14(11(18)19-4)5-7(8)9(15)16/h7-8H,5-6H2,1-4H3,(H,13,17)(H,15,16)/p-1. The molecule has 1 rings (SSSR count). The first kappa shape index (κ1) is 16.1. The molecule has 1 aliphatic rings. The average molecular weight is 287 g/mol. The highest BCUT2D eigenvalue weighted by molar-refractivity contribution is 5.76. The number of alkyl carbamates (subject to hydrolysis) is 1. The number of methoxy groups -OCH3 is 1. The summed E-state index contributed by atoms with van der Waals surface area (Å²) in [5, 5.41) is 13.5. The fourth-order valence-electron chi connectivity index (χ4n) is 1.93. The number of carboxylic acids is 1. The molecular weight excluding hydrogens is 268 g/mol. The van der Waals surface area contributed by atoms with Crippen molar-refractivity contribution in [1.82, 2.24) is 10.2 Å². The Morgan fingerprint density at radius 3 is 2.30 bits per heavy atom. The second-order valence-corrected chi connectivity index (χ2v) is 5.55. The fraction of sp³-hybridized carbons (Fsp3) is 0.750. The van der Waals surface area contributed by atoms with Gasteiger partial charge in [0.15, 0.2) is 0 Å². The smallest absolute Gasteiger partial charge is 0.409 e. The Balaban J connectivity index is 2.69. The van der Waals surface area contributed by atoms with E-state index in [2.05, 4.69) is 10.1 Å². The number of likely N-dealkylation sites (tertiary alicyclic amines) is 1. The van der Waals surface area contributed by atoms with Crippen LogP contribution in [-0.4, -0.2) is 54.9 Å². The van der Waals surface area contributed by atoms with Crippen LogP contribution in [0.3, 0.4) is 0 Å². The Morgan fingerprint density at radius 1 is 1.25 bits per heavy atom. The molecule has 2 atom stereocenters. The van der Waals surface area contributed by atoms with Crippen LogP contribution in [0.1, 0.15) is 20.8 Å². The summed E-state index contributed by atoms with van der Waals surface area (Å²) in [5.74, 6) is -2.33. The first-order valence-electron chi connectivity index (χ1n) is 6.17. The normalized spacial score (nSPS) is 22.3. The molecule has 0 radical (unpaired) electrons. The third-order valence-corrected chi connectivity index (χ3v) is 2.76. The molecular formula is C12H19N2O6-. The molecule has 0 bridgehead atoms. The number of carbonyl (C=O) groups excluding carboxylic acids is 3. The molecule has 1 fully saturated rings. The molecule has 0 aliphatic carbocycles. The van der Waals surface area contributed by atoms with Crippen molar-refractivity contribution in [2.24, 2.45) is 5.92 Å². The van der Waals surface area contributed by atoms with Gasteiger partial charge >= 0.3 is 12.2 Å². The molecule has 0 aromatic heterocycles. The van der Waals surface area contributed by atoms with Gasteiger partial charge in [-0.1, -0.05) is 0 Å². The molecule has 20 heavy (non-hydrogen) atoms. The van der Waals surface area contributed by atoms with Crippen molar-refractivity contribution in [3.8, 4) is 0 Å². The van der Waals surface area contributed by atoms with Crippen LogP contribution in [-0.2, 0) is 14.3 Å². The van der Waals surface area contributed by atoms with E-state index in [9.17, 15) is 19.5 Å². The van der Waals surface area contributed by atoms with Gasteiger partial charge in [-0.05, 0) is 20.8 Å². The van der Waals surface area contributed by atoms with E-state index in [1.54, 1.807) is 20.8 Å². The number of nitrogens with zero attached hydrogens (tertiary/aromatic N) is 1. The first-order chi connectivity index (χ1) is 9.14. The van der Waals surface area contributed by atoms with Crippen molar-refractivity contribution in [3.63, 3.8) is 0 Å². The SMILES string of the molecule is COC(=O)N1CC(NC(=O)OC(C)(C)C)C(C(=O)[O-])C1. The van der Waals surface area contributed by atoms with Gasteiger partial charge < -0.3 is 29.6 Å². The van der Waals surface area contributed by atoms with Crippen molar-refractivity contribution in [2.45, 2.75) is 32.4 Å². The van der Waals surface area contributed by atoms with E-state index in [-0.39, 0.29) is 13.1 Å². The minimum atomic E-state index is -1.34. The first-order valence-corrected chi connectivity index (χ1v) is 6.17. The van der Waals surface area contributed by atoms with E-state index in [0.717, 1.165) is 0 Å². The van der Waals surface area contributed by atoms with Gasteiger partial charge in [0, 0.05) is 25.0 Å². The van der Waals surface area contributed by atoms with Crippen LogP contribution < -0.4 is 10.4 Å². The van der Waals surface area contributed by atoms with Crippen molar-refractivity contribution < 1.29 is 29.0 Å². The zero-order valence-electron chi connectivity index (χ0n) is 12.0. The van der Waals surface area contributed by atoms with Gasteiger partial charge in [-0.25, -0.2) is 9.59 Å². The van der Waals surface area contributed by atoms with Crippen molar-refractivity contribution in [3.05, 3.63) is 0 Å². The predicted molar refractivity (Wildman–Crippen MR) is 65.6 cm³/mol. The maximum absolute atomic E-state index is 11.6. The molecule has 0 spiro atoms. The molecule has 0 saturated carbocycles. The minimum Gasteiger partial charge on any atom is -0.550 e. The van der Waals surface area contributed by atoms with E-state index in [0.29, 0.717) is 0 Å². The van der Waals surface area contributed by atoms with E-state index in [4.69, 9.17) is 4.74 Å². The number of carbonyl (C=O) groups is 3. The molecule has 1 saturated heterocycles. The Hall–Kier alpha value is -1.99. The summed E-state index contributed by atoms with van der Waals surface area (Å²) in [4.78, 5) is 35.3. The lowest BCUT2D eigenvalue weighted by atomic mass is 10.0. The Bertz CT molecular complexity index is 403. The highest BCUT2D eigenvalue weighted by Crippen LogP contribution is 2.18. The van der Waals surface area contributed by atoms with Crippen molar-refractivity contribution in [1.29, 1.82) is 0 Å². The molecule has 1 N–H and O–H groups in total. The Morgan fingerprint density at radius 2 is 1.85 bits per heavy atom. The van der Waals surface area contributed by atoms with Gasteiger partial charge in [0.2, 0.25) is 0 Å². The van der Waals surface area contributed by atoms with Crippen LogP contribution in [0.2, 0.25) is 0 Å². The second kappa shape index (κ2) is 5.98. The van der Waals surface area contributed by atoms with Gasteiger partial charge in [0.25, 0.3) is 0 Å². The topological polar surface area (TPSA) is 108 Å². The number of rotatable bonds is 2. The minimum absolute atomic E-state index is 0.0323. The van der Waals surface area contributed by atoms with Gasteiger partial charge in [-0.15, -0.1) is 0 Å². The van der Waals surface area contributed by atoms with Gasteiger partial charge in [0.05, 0.1) is 13.2 Å². The highest BCUT2D eigenvalue weighted by Gasteiger charge is 2.38. The summed E-state index contributed by atoms with van der Waals surface area (Å²) in [7, 11) is 1.20. The summed E-state index contributed by atoms with van der Waals surface area (Å²) in [6.45, 7) is 5.04. The zero-order valence-corrected chi connectivity index (χ0v) is 12.0. The van der Waals surface area contributed by atoms with Crippen LogP contribution in [0.5, 0.6) is 0 Å². The van der Waals surface area contributed by atoms with Crippen LogP contribution in [0, 0.1) is 5.92 Å². The molecule has 8 nitrogen and oxygen atoms in total. The van der Waals surface area contributed by atoms with Gasteiger partial charge in [0.1, 0.15) is 5.60 Å². The third-order valence-electron chi connectivity index (χ3n) is 2.76. The summed E-state index contributed by atoms with van der Waals surface area (Å²) >= 11 is 0. The summed E-state index contributed by atoms with van der Waals surface area (Å²) in [6.07, 6.45) is -1.38. The molecule has 2 amide bonds. The maximum Gasteiger partial charge on any atom is 0.409 e. The molecule has 1 aliphatic heterocycles. The largest absolute Gasteiger partial charge is 0.550 e. The van der Waals surface area contributed by atoms with E-state index in [1.807, 2.05) is 0 Å². The average Bonchev–Trinajstić information content (AvgIpc) is 2.69. The Labute approximate surface area is 117 Å². The van der Waals surface area contributed by atoms with E-state index >= 15 is 0 Å². The number of ether oxygens (including phenoxy) is 2. The lowest BCUT2D eigenvalue weighted by molar-refractivity contribution is -0.311. The van der Waals surface area contributed by atoms with Crippen molar-refractivity contribution >= 4 is 18.2 Å². The van der Waals surface area contributed by atoms with Gasteiger partial charge in [-0.3, -0.25) is 0 Å². The number of hydrogen-bond acceptors (Lipinski definition) is 6. The van der Waals surface area contributed by atoms with Gasteiger partial charge in [-0.2, -0.15) is 0 Å². The summed E-state index contributed by atoms with van der Waals surface area (Å²) in [5.41, 5.74) is -0.693. The lowest BCUT2D eigenvalue weighted by Gasteiger charge is -2.24. The fourth-order valence-corrected chi connectivity index (χ4v) is 1.93. The highest BCUT2D eigenvalue weighted by atomic mass is 16.6. The maximum atomic E-state index is 11.6. The van der Waals surface area contributed by atoms with Crippen LogP contribution >= 0.6 is 0 Å². The quantitative estimate of drug-likeness (QED) is 0.721. The molecule has 0 aromatic carbocycles. The van der Waals surface area contributed by atoms with E-state index in [1.165, 1.54) is 12.0 Å². The van der Waals surface area contributed by atoms with Crippen LogP contribution in [0.4, 0.5) is 9.59 Å². The molecule has 1 heterocycles. The number of carboxylic acid groups (broad SMARTS) is 1. The summed E-state index contributed by atoms with van der Waals surface area (Å²) in [6, 6.07) is -0.769. The molecule has 2 unspecified atom stereocenters. The molecule has 114 valence electrons. The van der Waals surface area contributed by atoms with Crippen LogP contribution in [0.25, 0.3) is 0 Å². The molecule has 0 aromatic rings. The van der Waals surface area contributed by atoms with Crippen LogP contribution in [0.15, 0.2) is 0 Å². The summed E-state index contributed by atoms with van der Waals surface area (Å²) < 4.78 is 9.58. The zero-order chi connectivity index (χ0) is 15.5. The Kier molecular flexibility index (Phi) is 4.80. The predicted octanol–water partition coefficient (Wildman–Crippen LogP) is -0.672. The van der Waals surface area contributed by atoms with E-state index < -0.39 is 35.7 Å². The molecule has 8 heteroatoms. The number of hydrogen-bond donors (Lipinski definition) is 1. The third kappa shape index (κ3) is 4.29. The monoisotopic (exact) mass is 287 g/mol. The second-order valence-electron chi connectivity index (χ2n) is 5.55.